The van der Waals surface area contributed by atoms with Crippen LogP contribution in [0.3, 0.4) is 0 Å². The molecule has 0 unspecified atom stereocenters. The maximum absolute atomic E-state index is 12.3. The Hall–Kier alpha value is -1.41. The second-order valence-corrected chi connectivity index (χ2v) is 9.18. The van der Waals surface area contributed by atoms with E-state index in [1.54, 1.807) is 6.92 Å². The second kappa shape index (κ2) is 6.24. The van der Waals surface area contributed by atoms with Crippen molar-refractivity contribution in [3.63, 3.8) is 0 Å². The summed E-state index contributed by atoms with van der Waals surface area (Å²) in [6, 6.07) is 0. The molecule has 0 aromatic carbocycles. The molecular formula is C15H19NO5S2. The average molecular weight is 357 g/mol. The fourth-order valence-corrected chi connectivity index (χ4v) is 5.86. The van der Waals surface area contributed by atoms with Crippen LogP contribution in [0.25, 0.3) is 0 Å². The monoisotopic (exact) mass is 357 g/mol. The van der Waals surface area contributed by atoms with Crippen LogP contribution in [-0.4, -0.2) is 32.7 Å². The Morgan fingerprint density at radius 2 is 2.09 bits per heavy atom. The van der Waals surface area contributed by atoms with Crippen LogP contribution in [-0.2, 0) is 31.5 Å². The highest BCUT2D eigenvalue weighted by Gasteiger charge is 2.33. The second-order valence-electron chi connectivity index (χ2n) is 5.89. The van der Waals surface area contributed by atoms with E-state index in [9.17, 15) is 18.0 Å². The molecule has 1 amide bonds. The van der Waals surface area contributed by atoms with Gasteiger partial charge in [0.25, 0.3) is 0 Å². The van der Waals surface area contributed by atoms with Crippen LogP contribution in [0.4, 0.5) is 5.00 Å². The summed E-state index contributed by atoms with van der Waals surface area (Å²) in [6.07, 6.45) is 3.06. The molecule has 2 heterocycles. The Balaban J connectivity index is 1.95. The number of esters is 1. The topological polar surface area (TPSA) is 89.5 Å². The number of thiophene rings is 1. The molecule has 0 bridgehead atoms. The van der Waals surface area contributed by atoms with Crippen molar-refractivity contribution < 1.29 is 22.7 Å². The van der Waals surface area contributed by atoms with Crippen LogP contribution in [0.5, 0.6) is 0 Å². The lowest BCUT2D eigenvalue weighted by atomic mass is 9.85. The van der Waals surface area contributed by atoms with Crippen molar-refractivity contribution in [2.45, 2.75) is 38.4 Å². The van der Waals surface area contributed by atoms with Gasteiger partial charge in [-0.1, -0.05) is 6.42 Å². The van der Waals surface area contributed by atoms with Gasteiger partial charge in [-0.15, -0.1) is 11.3 Å². The number of hydrogen-bond acceptors (Lipinski definition) is 6. The third-order valence-electron chi connectivity index (χ3n) is 4.30. The third kappa shape index (κ3) is 3.28. The first kappa shape index (κ1) is 16.4. The maximum Gasteiger partial charge on any atom is 0.341 e. The van der Waals surface area contributed by atoms with Gasteiger partial charge in [0.2, 0.25) is 5.91 Å². The number of hydrogen-bond donors (Lipinski definition) is 1. The lowest BCUT2D eigenvalue weighted by molar-refractivity contribution is -0.122. The van der Waals surface area contributed by atoms with Crippen molar-refractivity contribution in [1.29, 1.82) is 0 Å². The van der Waals surface area contributed by atoms with E-state index in [-0.39, 0.29) is 29.9 Å². The summed E-state index contributed by atoms with van der Waals surface area (Å²) < 4.78 is 28.7. The first-order chi connectivity index (χ1) is 10.9. The molecule has 23 heavy (non-hydrogen) atoms. The van der Waals surface area contributed by atoms with Gasteiger partial charge in [-0.2, -0.15) is 0 Å². The van der Waals surface area contributed by atoms with E-state index in [0.29, 0.717) is 27.4 Å². The molecule has 1 aromatic heterocycles. The van der Waals surface area contributed by atoms with Crippen LogP contribution in [0.2, 0.25) is 0 Å². The molecule has 0 atom stereocenters. The van der Waals surface area contributed by atoms with Gasteiger partial charge < -0.3 is 10.1 Å². The molecule has 2 aliphatic rings. The molecule has 1 aromatic rings. The zero-order chi connectivity index (χ0) is 16.6. The summed E-state index contributed by atoms with van der Waals surface area (Å²) in [7, 11) is -3.13. The Bertz CT molecular complexity index is 746. The smallest absolute Gasteiger partial charge is 0.341 e. The van der Waals surface area contributed by atoms with E-state index in [1.165, 1.54) is 11.3 Å². The number of nitrogens with one attached hydrogen (secondary N) is 1. The van der Waals surface area contributed by atoms with Gasteiger partial charge in [0.15, 0.2) is 9.84 Å². The number of carbonyl (C=O) groups excluding carboxylic acids is 2. The molecule has 1 saturated carbocycles. The number of carbonyl (C=O) groups is 2. The summed E-state index contributed by atoms with van der Waals surface area (Å²) in [5.74, 6) is -0.637. The van der Waals surface area contributed by atoms with Crippen LogP contribution < -0.4 is 5.32 Å². The molecule has 126 valence electrons. The molecular weight excluding hydrogens is 338 g/mol. The predicted octanol–water partition coefficient (Wildman–Crippen LogP) is 2.13. The summed E-state index contributed by atoms with van der Waals surface area (Å²) in [6.45, 7) is 1.95. The van der Waals surface area contributed by atoms with E-state index in [1.807, 2.05) is 0 Å². The van der Waals surface area contributed by atoms with Gasteiger partial charge in [0.1, 0.15) is 5.00 Å². The first-order valence-corrected chi connectivity index (χ1v) is 10.4. The van der Waals surface area contributed by atoms with Crippen molar-refractivity contribution in [3.8, 4) is 0 Å². The minimum atomic E-state index is -3.13. The molecule has 1 aliphatic heterocycles. The normalized spacial score (nSPS) is 19.5. The van der Waals surface area contributed by atoms with Gasteiger partial charge in [0, 0.05) is 10.8 Å². The maximum atomic E-state index is 12.3. The van der Waals surface area contributed by atoms with Crippen molar-refractivity contribution in [3.05, 3.63) is 16.0 Å². The van der Waals surface area contributed by atoms with Crippen LogP contribution in [0, 0.1) is 5.92 Å². The molecule has 6 nitrogen and oxygen atoms in total. The quantitative estimate of drug-likeness (QED) is 0.834. The zero-order valence-electron chi connectivity index (χ0n) is 12.9. The van der Waals surface area contributed by atoms with E-state index in [4.69, 9.17) is 4.74 Å². The Kier molecular flexibility index (Phi) is 4.46. The third-order valence-corrected chi connectivity index (χ3v) is 7.18. The SMILES string of the molecule is CCOC(=O)c1c(NC(=O)C2CCC2)sc2c1CCS(=O)(=O)C2. The first-order valence-electron chi connectivity index (χ1n) is 7.74. The highest BCUT2D eigenvalue weighted by atomic mass is 32.2. The molecule has 1 aliphatic carbocycles. The number of ether oxygens (including phenoxy) is 1. The standard InChI is InChI=1S/C15H19NO5S2/c1-2-21-15(18)12-10-6-7-23(19,20)8-11(10)22-14(12)16-13(17)9-4-3-5-9/h9H,2-8H2,1H3,(H,16,17). The van der Waals surface area contributed by atoms with E-state index >= 15 is 0 Å². The van der Waals surface area contributed by atoms with Gasteiger partial charge in [-0.3, -0.25) is 4.79 Å². The predicted molar refractivity (Wildman–Crippen MR) is 87.4 cm³/mol. The molecule has 0 saturated heterocycles. The Morgan fingerprint density at radius 3 is 2.70 bits per heavy atom. The highest BCUT2D eigenvalue weighted by molar-refractivity contribution is 7.90. The Labute approximate surface area is 139 Å². The minimum absolute atomic E-state index is 0.00657. The van der Waals surface area contributed by atoms with Gasteiger partial charge in [-0.25, -0.2) is 13.2 Å². The molecule has 3 rings (SSSR count). The molecule has 0 radical (unpaired) electrons. The van der Waals surface area contributed by atoms with Gasteiger partial charge >= 0.3 is 5.97 Å². The highest BCUT2D eigenvalue weighted by Crippen LogP contribution is 2.39. The van der Waals surface area contributed by atoms with Gasteiger partial charge in [-0.05, 0) is 31.7 Å². The van der Waals surface area contributed by atoms with E-state index in [0.717, 1.165) is 19.3 Å². The van der Waals surface area contributed by atoms with Crippen molar-refractivity contribution in [1.82, 2.24) is 0 Å². The largest absolute Gasteiger partial charge is 0.462 e. The summed E-state index contributed by atoms with van der Waals surface area (Å²) in [5.41, 5.74) is 1.06. The fourth-order valence-electron chi connectivity index (χ4n) is 2.81. The fraction of sp³-hybridized carbons (Fsp3) is 0.600. The van der Waals surface area contributed by atoms with E-state index in [2.05, 4.69) is 5.32 Å². The summed E-state index contributed by atoms with van der Waals surface area (Å²) >= 11 is 1.19. The Morgan fingerprint density at radius 1 is 1.35 bits per heavy atom. The lowest BCUT2D eigenvalue weighted by Crippen LogP contribution is -2.28. The van der Waals surface area contributed by atoms with Crippen molar-refractivity contribution in [2.24, 2.45) is 5.92 Å². The average Bonchev–Trinajstić information content (AvgIpc) is 2.72. The number of amides is 1. The zero-order valence-corrected chi connectivity index (χ0v) is 14.5. The lowest BCUT2D eigenvalue weighted by Gasteiger charge is -2.23. The van der Waals surface area contributed by atoms with Crippen molar-refractivity contribution >= 4 is 38.1 Å². The van der Waals surface area contributed by atoms with Crippen LogP contribution >= 0.6 is 11.3 Å². The molecule has 0 spiro atoms. The van der Waals surface area contributed by atoms with Gasteiger partial charge in [0.05, 0.1) is 23.7 Å². The number of sulfone groups is 1. The molecule has 1 N–H and O–H groups in total. The molecule has 8 heteroatoms. The summed E-state index contributed by atoms with van der Waals surface area (Å²) in [4.78, 5) is 25.1. The van der Waals surface area contributed by atoms with Crippen LogP contribution in [0.15, 0.2) is 0 Å². The van der Waals surface area contributed by atoms with Crippen molar-refractivity contribution in [2.75, 3.05) is 17.7 Å². The van der Waals surface area contributed by atoms with Crippen LogP contribution in [0.1, 0.15) is 47.0 Å². The summed E-state index contributed by atoms with van der Waals surface area (Å²) in [5, 5.41) is 3.25. The minimum Gasteiger partial charge on any atom is -0.462 e. The number of fused-ring (bicyclic) bond motifs is 1. The van der Waals surface area contributed by atoms with E-state index < -0.39 is 15.8 Å². The number of anilines is 1. The number of rotatable bonds is 4. The molecule has 1 fully saturated rings.